The Bertz CT molecular complexity index is 1910. The number of anilines is 6. The van der Waals surface area contributed by atoms with E-state index in [9.17, 15) is 25.3 Å². The Labute approximate surface area is 342 Å². The first kappa shape index (κ1) is 53.7. The van der Waals surface area contributed by atoms with Gasteiger partial charge in [0, 0.05) is 125 Å². The minimum absolute atomic E-state index is 0. The molecule has 5 rings (SSSR count). The molecule has 1 aliphatic carbocycles. The van der Waals surface area contributed by atoms with Crippen LogP contribution in [-0.2, 0) is 0 Å². The van der Waals surface area contributed by atoms with Crippen LogP contribution < -0.4 is 33.6 Å². The van der Waals surface area contributed by atoms with E-state index in [0.717, 1.165) is 34.1 Å². The second-order valence-electron chi connectivity index (χ2n) is 12.9. The van der Waals surface area contributed by atoms with Crippen molar-refractivity contribution < 1.29 is 44.0 Å². The maximum absolute atomic E-state index is 9.91. The zero-order valence-electron chi connectivity index (χ0n) is 32.7. The fraction of sp³-hybridized carbons (Fsp3) is 0.211. The molecule has 321 valence electrons. The zero-order valence-corrected chi connectivity index (χ0v) is 37.8. The Hall–Kier alpha value is -4.30. The summed E-state index contributed by atoms with van der Waals surface area (Å²) in [4.78, 5) is 8.68. The number of nitrogens with zero attached hydrogens (tertiary/aromatic N) is 6. The molecule has 20 heteroatoms. The van der Waals surface area contributed by atoms with Crippen molar-refractivity contribution in [2.24, 2.45) is 0 Å². The van der Waals surface area contributed by atoms with Crippen molar-refractivity contribution in [3.05, 3.63) is 121 Å². The Morgan fingerprint density at radius 3 is 0.879 bits per heavy atom. The van der Waals surface area contributed by atoms with Crippen LogP contribution in [-0.4, -0.2) is 114 Å². The number of rotatable bonds is 8. The second-order valence-corrected chi connectivity index (χ2v) is 18.7. The van der Waals surface area contributed by atoms with Crippen molar-refractivity contribution in [3.8, 4) is 0 Å². The molecular weight excluding hydrogens is 1010 g/mol. The van der Waals surface area contributed by atoms with Gasteiger partial charge in [-0.25, -0.2) is 4.58 Å². The van der Waals surface area contributed by atoms with Gasteiger partial charge >= 0.3 is 66.7 Å². The third kappa shape index (κ3) is 18.1. The maximum atomic E-state index is 9.91. The molecule has 0 heterocycles. The molecule has 58 heavy (non-hydrogen) atoms. The molecule has 0 unspecified atom stereocenters. The molecule has 0 spiro atoms. The summed E-state index contributed by atoms with van der Waals surface area (Å²) in [6.45, 7) is 0. The van der Waals surface area contributed by atoms with Crippen molar-refractivity contribution in [2.75, 3.05) is 76.0 Å². The number of hydrogen-bond acceptors (Lipinski definition) is 4. The fourth-order valence-corrected chi connectivity index (χ4v) is 5.24. The quantitative estimate of drug-likeness (QED) is 0.111. The van der Waals surface area contributed by atoms with Gasteiger partial charge in [-0.15, -0.1) is 0 Å². The normalized spacial score (nSPS) is 12.3. The predicted molar refractivity (Wildman–Crippen MR) is 216 cm³/mol. The Morgan fingerprint density at radius 1 is 0.431 bits per heavy atom. The van der Waals surface area contributed by atoms with Crippen LogP contribution in [0.5, 0.6) is 0 Å². The monoisotopic (exact) mass is 1060 g/mol. The first-order valence-electron chi connectivity index (χ1n) is 16.4. The van der Waals surface area contributed by atoms with Crippen LogP contribution in [0.2, 0.25) is 0 Å². The number of benzene rings is 4. The molecule has 1 aliphatic rings. The minimum atomic E-state index is -9.19. The molecule has 0 saturated carbocycles. The van der Waals surface area contributed by atoms with Crippen molar-refractivity contribution >= 4 is 98.3 Å². The molecule has 0 fully saturated rings. The molecule has 0 aromatic heterocycles. The summed E-state index contributed by atoms with van der Waals surface area (Å²) in [6, 6.07) is 35.0. The predicted octanol–water partition coefficient (Wildman–Crippen LogP) is 4.65. The van der Waals surface area contributed by atoms with E-state index in [2.05, 4.69) is 206 Å². The van der Waals surface area contributed by atoms with E-state index in [-0.39, 0.29) is 14.1 Å². The first-order valence-corrected chi connectivity index (χ1v) is 25.1. The average molecular weight is 1060 g/mol. The third-order valence-corrected chi connectivity index (χ3v) is 7.86. The molecular formula is C38H45F12N6Sb2. The van der Waals surface area contributed by atoms with E-state index >= 15 is 0 Å². The standard InChI is InChI=1S/C38H44N6.12FH.2Sb/c1-39(2)29-9-17-33(18-10-29)43(34-19-11-30(12-20-34)40(3)4)37-25-27-38(28-26-37)44(35-21-13-31(14-22-35)41(5)6)36-23-15-32(16-24-36)42(7)8;;;;;;;;;;;;;;/h9-28H,1-8H3;12*1H;;/q+2;;;;;;;;;;;;;+4;+5/p-11. The van der Waals surface area contributed by atoms with Crippen LogP contribution in [0.3, 0.4) is 0 Å². The van der Waals surface area contributed by atoms with Crippen LogP contribution in [0.15, 0.2) is 121 Å². The van der Waals surface area contributed by atoms with Gasteiger partial charge in [0.1, 0.15) is 14.1 Å². The van der Waals surface area contributed by atoms with Crippen molar-refractivity contribution in [1.29, 1.82) is 0 Å². The topological polar surface area (TPSA) is 19.0 Å². The van der Waals surface area contributed by atoms with Crippen molar-refractivity contribution in [1.82, 2.24) is 4.58 Å². The van der Waals surface area contributed by atoms with E-state index < -0.39 is 41.4 Å². The molecule has 0 aliphatic heterocycles. The van der Waals surface area contributed by atoms with Crippen LogP contribution in [0, 0.1) is 0 Å². The summed E-state index contributed by atoms with van der Waals surface area (Å²) < 4.78 is 93.5. The van der Waals surface area contributed by atoms with Gasteiger partial charge in [0.2, 0.25) is 17.1 Å². The van der Waals surface area contributed by atoms with Gasteiger partial charge in [0.15, 0.2) is 5.71 Å². The van der Waals surface area contributed by atoms with Crippen LogP contribution in [0.1, 0.15) is 0 Å². The number of halogens is 12. The summed E-state index contributed by atoms with van der Waals surface area (Å²) in [5.41, 5.74) is 11.3. The zero-order chi connectivity index (χ0) is 41.3. The van der Waals surface area contributed by atoms with Gasteiger partial charge in [-0.1, -0.05) is 0 Å². The molecule has 1 radical (unpaired) electrons. The van der Waals surface area contributed by atoms with Gasteiger partial charge in [0.25, 0.3) is 0 Å². The number of hydrogen-bond donors (Lipinski definition) is 0. The first-order chi connectivity index (χ1) is 25.4. The van der Waals surface area contributed by atoms with Crippen LogP contribution >= 0.6 is 0 Å². The second kappa shape index (κ2) is 22.2. The SMILES string of the molecule is CN(C)c1ccc(N(c2ccc(N(C)C)cc2)c2ccc([N+](=C3C=CC(=[N+](C)C)C=C3)c3ccc(N(C)C)cc3)cc2)cc1.F.[F-].[F-].[F][Sb]([F])([F])([F])[F].[F][Sb]([F])([F])[F]. The van der Waals surface area contributed by atoms with Gasteiger partial charge in [0.05, 0.1) is 0 Å². The molecule has 4 aromatic carbocycles. The molecule has 6 nitrogen and oxygen atoms in total. The van der Waals surface area contributed by atoms with Gasteiger partial charge in [-0.3, -0.25) is 4.70 Å². The van der Waals surface area contributed by atoms with Crippen LogP contribution in [0.25, 0.3) is 0 Å². The van der Waals surface area contributed by atoms with Gasteiger partial charge in [-0.2, -0.15) is 4.58 Å². The van der Waals surface area contributed by atoms with E-state index in [4.69, 9.17) is 0 Å². The summed E-state index contributed by atoms with van der Waals surface area (Å²) >= 11 is -16.3. The van der Waals surface area contributed by atoms with Crippen molar-refractivity contribution in [3.63, 3.8) is 0 Å². The average Bonchev–Trinajstić information content (AvgIpc) is 3.08. The summed E-state index contributed by atoms with van der Waals surface area (Å²) in [5.74, 6) is 0. The molecule has 0 N–H and O–H groups in total. The summed E-state index contributed by atoms with van der Waals surface area (Å²) in [5, 5.41) is 0. The van der Waals surface area contributed by atoms with E-state index in [1.54, 1.807) is 0 Å². The van der Waals surface area contributed by atoms with Gasteiger partial charge < -0.3 is 29.0 Å². The molecule has 0 bridgehead atoms. The van der Waals surface area contributed by atoms with E-state index in [1.807, 2.05) is 0 Å². The number of allylic oxidation sites excluding steroid dienone is 4. The third-order valence-electron chi connectivity index (χ3n) is 7.86. The Morgan fingerprint density at radius 2 is 0.638 bits per heavy atom. The Balaban J connectivity index is 0.00000205. The molecule has 0 amide bonds. The molecule has 0 atom stereocenters. The Kier molecular flexibility index (Phi) is 20.5. The van der Waals surface area contributed by atoms with E-state index in [1.165, 1.54) is 22.8 Å². The summed E-state index contributed by atoms with van der Waals surface area (Å²) in [7, 11) is 16.6. The fourth-order valence-electron chi connectivity index (χ4n) is 5.24. The molecule has 4 aromatic rings. The van der Waals surface area contributed by atoms with E-state index in [0.29, 0.717) is 0 Å². The van der Waals surface area contributed by atoms with Crippen LogP contribution in [0.4, 0.5) is 75.5 Å². The van der Waals surface area contributed by atoms with Gasteiger partial charge in [-0.05, 0) is 72.8 Å². The van der Waals surface area contributed by atoms with Crippen molar-refractivity contribution in [2.45, 2.75) is 0 Å². The molecule has 0 saturated heterocycles. The summed E-state index contributed by atoms with van der Waals surface area (Å²) in [6.07, 6.45) is 8.71.